The highest BCUT2D eigenvalue weighted by Gasteiger charge is 2.06. The Kier molecular flexibility index (Phi) is 5.68. The molecule has 0 saturated carbocycles. The highest BCUT2D eigenvalue weighted by Crippen LogP contribution is 2.08. The number of anilines is 1. The lowest BCUT2D eigenvalue weighted by atomic mass is 10.2. The molecule has 96 valence electrons. The largest absolute Gasteiger partial charge is 0.396 e. The third kappa shape index (κ3) is 4.85. The summed E-state index contributed by atoms with van der Waals surface area (Å²) in [5.41, 5.74) is 1.19. The average molecular weight is 247 g/mol. The minimum Gasteiger partial charge on any atom is -0.396 e. The lowest BCUT2D eigenvalue weighted by molar-refractivity contribution is 0.245. The van der Waals surface area contributed by atoms with Gasteiger partial charge in [-0.1, -0.05) is 0 Å². The summed E-state index contributed by atoms with van der Waals surface area (Å²) in [7, 11) is 0. The Morgan fingerprint density at radius 1 is 1.44 bits per heavy atom. The van der Waals surface area contributed by atoms with E-state index in [1.807, 2.05) is 13.0 Å². The van der Waals surface area contributed by atoms with Gasteiger partial charge in [0.2, 0.25) is 0 Å². The van der Waals surface area contributed by atoms with Crippen LogP contribution < -0.4 is 10.6 Å². The van der Waals surface area contributed by atoms with Crippen molar-refractivity contribution in [2.45, 2.75) is 25.8 Å². The highest BCUT2D eigenvalue weighted by atomic mass is 16.3. The number of aliphatic hydroxyl groups is 1. The molecule has 1 aromatic rings. The molecule has 5 heteroatoms. The zero-order valence-corrected chi connectivity index (χ0v) is 10.3. The quantitative estimate of drug-likeness (QED) is 0.742. The van der Waals surface area contributed by atoms with E-state index < -0.39 is 0 Å². The maximum Gasteiger partial charge on any atom is 0.319 e. The molecular formula is C13H17N3O2. The number of carbonyl (C=O) groups is 1. The standard InChI is InChI=1S/C13H17N3O2/c1-10(3-2-8-17)15-13(18)16-12-6-4-11(9-14)5-7-12/h4-7,10,17H,2-3,8H2,1H3,(H2,15,16,18)/t10-/m1/s1. The molecular weight excluding hydrogens is 230 g/mol. The van der Waals surface area contributed by atoms with Gasteiger partial charge >= 0.3 is 6.03 Å². The number of hydrogen-bond acceptors (Lipinski definition) is 3. The van der Waals surface area contributed by atoms with E-state index in [-0.39, 0.29) is 18.7 Å². The Balaban J connectivity index is 2.41. The summed E-state index contributed by atoms with van der Waals surface area (Å²) in [5, 5.41) is 22.8. The number of nitrogens with one attached hydrogen (secondary N) is 2. The van der Waals surface area contributed by atoms with Crippen molar-refractivity contribution in [3.63, 3.8) is 0 Å². The van der Waals surface area contributed by atoms with Crippen molar-refractivity contribution in [1.82, 2.24) is 5.32 Å². The molecule has 0 bridgehead atoms. The lowest BCUT2D eigenvalue weighted by Gasteiger charge is -2.14. The van der Waals surface area contributed by atoms with Crippen LogP contribution in [0.2, 0.25) is 0 Å². The fraction of sp³-hybridized carbons (Fsp3) is 0.385. The molecule has 0 heterocycles. The van der Waals surface area contributed by atoms with Crippen LogP contribution in [0.5, 0.6) is 0 Å². The molecule has 0 radical (unpaired) electrons. The molecule has 1 rings (SSSR count). The predicted molar refractivity (Wildman–Crippen MR) is 69.1 cm³/mol. The van der Waals surface area contributed by atoms with Crippen molar-refractivity contribution in [3.8, 4) is 6.07 Å². The van der Waals surface area contributed by atoms with Crippen molar-refractivity contribution in [2.75, 3.05) is 11.9 Å². The third-order valence-corrected chi connectivity index (χ3v) is 2.44. The van der Waals surface area contributed by atoms with Crippen molar-refractivity contribution in [1.29, 1.82) is 5.26 Å². The molecule has 1 aromatic carbocycles. The van der Waals surface area contributed by atoms with Crippen LogP contribution in [0.4, 0.5) is 10.5 Å². The molecule has 3 N–H and O–H groups in total. The minimum absolute atomic E-state index is 0.00975. The monoisotopic (exact) mass is 247 g/mol. The van der Waals surface area contributed by atoms with Gasteiger partial charge in [0.1, 0.15) is 0 Å². The summed E-state index contributed by atoms with van der Waals surface area (Å²) >= 11 is 0. The topological polar surface area (TPSA) is 85.2 Å². The van der Waals surface area contributed by atoms with Crippen LogP contribution in [0.25, 0.3) is 0 Å². The van der Waals surface area contributed by atoms with E-state index in [9.17, 15) is 4.79 Å². The molecule has 0 unspecified atom stereocenters. The Hall–Kier alpha value is -2.06. The third-order valence-electron chi connectivity index (χ3n) is 2.44. The summed E-state index contributed by atoms with van der Waals surface area (Å²) in [6.45, 7) is 2.01. The summed E-state index contributed by atoms with van der Waals surface area (Å²) < 4.78 is 0. The molecule has 0 aliphatic rings. The van der Waals surface area contributed by atoms with Crippen LogP contribution in [0.15, 0.2) is 24.3 Å². The first kappa shape index (κ1) is 14.0. The molecule has 0 spiro atoms. The van der Waals surface area contributed by atoms with Gasteiger partial charge in [0.15, 0.2) is 0 Å². The first-order valence-corrected chi connectivity index (χ1v) is 5.84. The number of carbonyl (C=O) groups excluding carboxylic acids is 1. The van der Waals surface area contributed by atoms with Crippen molar-refractivity contribution in [2.24, 2.45) is 0 Å². The number of rotatable bonds is 5. The van der Waals surface area contributed by atoms with Crippen LogP contribution >= 0.6 is 0 Å². The van der Waals surface area contributed by atoms with Gasteiger partial charge in [0.25, 0.3) is 0 Å². The second-order valence-corrected chi connectivity index (χ2v) is 4.05. The molecule has 0 aromatic heterocycles. The van der Waals surface area contributed by atoms with Gasteiger partial charge in [0, 0.05) is 18.3 Å². The van der Waals surface area contributed by atoms with Crippen LogP contribution in [0, 0.1) is 11.3 Å². The Morgan fingerprint density at radius 3 is 2.67 bits per heavy atom. The van der Waals surface area contributed by atoms with Gasteiger partial charge < -0.3 is 15.7 Å². The Morgan fingerprint density at radius 2 is 2.11 bits per heavy atom. The number of nitrogens with zero attached hydrogens (tertiary/aromatic N) is 1. The summed E-state index contributed by atoms with van der Waals surface area (Å²) in [6, 6.07) is 8.38. The van der Waals surface area contributed by atoms with Gasteiger partial charge in [-0.25, -0.2) is 4.79 Å². The minimum atomic E-state index is -0.287. The first-order chi connectivity index (χ1) is 8.65. The Labute approximate surface area is 106 Å². The number of urea groups is 1. The number of benzene rings is 1. The smallest absolute Gasteiger partial charge is 0.319 e. The van der Waals surface area contributed by atoms with Crippen LogP contribution in [0.1, 0.15) is 25.3 Å². The molecule has 18 heavy (non-hydrogen) atoms. The predicted octanol–water partition coefficient (Wildman–Crippen LogP) is 1.84. The van der Waals surface area contributed by atoms with E-state index in [1.54, 1.807) is 24.3 Å². The van der Waals surface area contributed by atoms with E-state index in [2.05, 4.69) is 10.6 Å². The number of amides is 2. The molecule has 0 fully saturated rings. The maximum atomic E-state index is 11.6. The summed E-state index contributed by atoms with van der Waals surface area (Å²) in [5.74, 6) is 0. The van der Waals surface area contributed by atoms with Gasteiger partial charge in [-0.05, 0) is 44.0 Å². The normalized spacial score (nSPS) is 11.4. The SMILES string of the molecule is C[C@H](CCCO)NC(=O)Nc1ccc(C#N)cc1. The zero-order valence-electron chi connectivity index (χ0n) is 10.3. The van der Waals surface area contributed by atoms with E-state index >= 15 is 0 Å². The maximum absolute atomic E-state index is 11.6. The summed E-state index contributed by atoms with van der Waals surface area (Å²) in [4.78, 5) is 11.6. The van der Waals surface area contributed by atoms with Gasteiger partial charge in [0.05, 0.1) is 11.6 Å². The lowest BCUT2D eigenvalue weighted by Crippen LogP contribution is -2.36. The van der Waals surface area contributed by atoms with Crippen molar-refractivity contribution < 1.29 is 9.90 Å². The molecule has 5 nitrogen and oxygen atoms in total. The second-order valence-electron chi connectivity index (χ2n) is 4.05. The molecule has 1 atom stereocenters. The van der Waals surface area contributed by atoms with Gasteiger partial charge in [-0.2, -0.15) is 5.26 Å². The number of nitriles is 1. The number of aliphatic hydroxyl groups excluding tert-OH is 1. The van der Waals surface area contributed by atoms with Crippen molar-refractivity contribution in [3.05, 3.63) is 29.8 Å². The summed E-state index contributed by atoms with van der Waals surface area (Å²) in [6.07, 6.45) is 1.40. The molecule has 0 aliphatic heterocycles. The van der Waals surface area contributed by atoms with Gasteiger partial charge in [-0.15, -0.1) is 0 Å². The average Bonchev–Trinajstić information content (AvgIpc) is 2.37. The second kappa shape index (κ2) is 7.30. The number of hydrogen-bond donors (Lipinski definition) is 3. The first-order valence-electron chi connectivity index (χ1n) is 5.84. The fourth-order valence-electron chi connectivity index (χ4n) is 1.49. The molecule has 0 saturated heterocycles. The highest BCUT2D eigenvalue weighted by molar-refractivity contribution is 5.89. The fourth-order valence-corrected chi connectivity index (χ4v) is 1.49. The van der Waals surface area contributed by atoms with Gasteiger partial charge in [-0.3, -0.25) is 0 Å². The molecule has 0 aliphatic carbocycles. The zero-order chi connectivity index (χ0) is 13.4. The van der Waals surface area contributed by atoms with Crippen LogP contribution in [-0.2, 0) is 0 Å². The molecule has 2 amide bonds. The van der Waals surface area contributed by atoms with E-state index in [0.717, 1.165) is 6.42 Å². The Bertz CT molecular complexity index is 423. The van der Waals surface area contributed by atoms with E-state index in [4.69, 9.17) is 10.4 Å². The van der Waals surface area contributed by atoms with E-state index in [1.165, 1.54) is 0 Å². The van der Waals surface area contributed by atoms with Crippen molar-refractivity contribution >= 4 is 11.7 Å². The van der Waals surface area contributed by atoms with Crippen LogP contribution in [0.3, 0.4) is 0 Å². The van der Waals surface area contributed by atoms with Crippen LogP contribution in [-0.4, -0.2) is 23.8 Å². The van der Waals surface area contributed by atoms with E-state index in [0.29, 0.717) is 17.7 Å².